The van der Waals surface area contributed by atoms with Gasteiger partial charge in [0.05, 0.1) is 35.2 Å². The highest BCUT2D eigenvalue weighted by Gasteiger charge is 2.23. The summed E-state index contributed by atoms with van der Waals surface area (Å²) in [5, 5.41) is 3.11. The van der Waals surface area contributed by atoms with Crippen molar-refractivity contribution in [1.82, 2.24) is 0 Å². The molecule has 0 spiro atoms. The van der Waals surface area contributed by atoms with Gasteiger partial charge in [-0.3, -0.25) is 9.59 Å². The number of benzene rings is 2. The molecule has 0 atom stereocenters. The Morgan fingerprint density at radius 1 is 1.09 bits per heavy atom. The van der Waals surface area contributed by atoms with Gasteiger partial charge in [-0.15, -0.1) is 11.8 Å². The molecule has 0 aliphatic carbocycles. The van der Waals surface area contributed by atoms with Crippen LogP contribution in [0.2, 0.25) is 5.02 Å². The summed E-state index contributed by atoms with van der Waals surface area (Å²) in [6.07, 6.45) is 0.761. The van der Waals surface area contributed by atoms with Crippen molar-refractivity contribution < 1.29 is 28.6 Å². The summed E-state index contributed by atoms with van der Waals surface area (Å²) in [5.74, 6) is 0.0209. The van der Waals surface area contributed by atoms with Crippen LogP contribution < -0.4 is 14.8 Å². The van der Waals surface area contributed by atoms with Gasteiger partial charge in [0.2, 0.25) is 5.91 Å². The van der Waals surface area contributed by atoms with Gasteiger partial charge < -0.3 is 19.5 Å². The van der Waals surface area contributed by atoms with E-state index < -0.39 is 11.4 Å². The Hall–Kier alpha value is -2.71. The third kappa shape index (κ3) is 6.88. The second-order valence-electron chi connectivity index (χ2n) is 8.41. The third-order valence-corrected chi connectivity index (χ3v) is 6.13. The number of ether oxygens (including phenoxy) is 3. The molecule has 0 bridgehead atoms. The molecule has 2 aromatic carbocycles. The smallest absolute Gasteiger partial charge is 0.339 e. The summed E-state index contributed by atoms with van der Waals surface area (Å²) in [4.78, 5) is 37.7. The molecule has 0 saturated carbocycles. The van der Waals surface area contributed by atoms with Gasteiger partial charge in [-0.1, -0.05) is 44.5 Å². The summed E-state index contributed by atoms with van der Waals surface area (Å²) in [6.45, 7) is 6.05. The van der Waals surface area contributed by atoms with E-state index in [2.05, 4.69) is 5.32 Å². The number of fused-ring (bicyclic) bond motifs is 1. The molecule has 2 aromatic rings. The lowest BCUT2D eigenvalue weighted by Gasteiger charge is -2.16. The highest BCUT2D eigenvalue weighted by atomic mass is 35.5. The van der Waals surface area contributed by atoms with Crippen molar-refractivity contribution in [3.8, 4) is 11.5 Å². The minimum Gasteiger partial charge on any atom is -0.490 e. The molecule has 1 aliphatic heterocycles. The molecule has 0 unspecified atom stereocenters. The van der Waals surface area contributed by atoms with Gasteiger partial charge in [-0.25, -0.2) is 4.79 Å². The minimum atomic E-state index is -0.609. The lowest BCUT2D eigenvalue weighted by atomic mass is 9.91. The number of hydrogen-bond donors (Lipinski definition) is 1. The minimum absolute atomic E-state index is 0.0377. The first kappa shape index (κ1) is 24.9. The number of hydrogen-bond acceptors (Lipinski definition) is 7. The standard InChI is InChI=1S/C24H26ClNO6S/c1-24(2,3)21(27)13-32-23(29)15-7-4-5-8-20(15)33-14-22(28)26-17-12-19-18(11-16(17)25)30-9-6-10-31-19/h4-5,7-8,11-12H,6,9-10,13-14H2,1-3H3,(H,26,28). The molecule has 33 heavy (non-hydrogen) atoms. The summed E-state index contributed by atoms with van der Waals surface area (Å²) >= 11 is 7.47. The second-order valence-corrected chi connectivity index (χ2v) is 9.84. The first-order valence-corrected chi connectivity index (χ1v) is 11.8. The van der Waals surface area contributed by atoms with Crippen LogP contribution in [0.15, 0.2) is 41.3 Å². The second kappa shape index (κ2) is 10.9. The van der Waals surface area contributed by atoms with Gasteiger partial charge in [0.25, 0.3) is 0 Å². The molecular formula is C24H26ClNO6S. The van der Waals surface area contributed by atoms with Crippen LogP contribution in [0.25, 0.3) is 0 Å². The van der Waals surface area contributed by atoms with Gasteiger partial charge in [-0.05, 0) is 12.1 Å². The lowest BCUT2D eigenvalue weighted by molar-refractivity contribution is -0.129. The van der Waals surface area contributed by atoms with Crippen molar-refractivity contribution in [2.75, 3.05) is 30.9 Å². The molecule has 0 radical (unpaired) electrons. The van der Waals surface area contributed by atoms with Crippen LogP contribution in [0.5, 0.6) is 11.5 Å². The van der Waals surface area contributed by atoms with Gasteiger partial charge in [0, 0.05) is 28.9 Å². The normalized spacial score (nSPS) is 13.1. The highest BCUT2D eigenvalue weighted by molar-refractivity contribution is 8.00. The Labute approximate surface area is 202 Å². The number of rotatable bonds is 7. The van der Waals surface area contributed by atoms with Crippen molar-refractivity contribution in [3.63, 3.8) is 0 Å². The Balaban J connectivity index is 1.61. The van der Waals surface area contributed by atoms with Crippen molar-refractivity contribution in [1.29, 1.82) is 0 Å². The van der Waals surface area contributed by atoms with E-state index in [9.17, 15) is 14.4 Å². The number of carbonyl (C=O) groups excluding carboxylic acids is 3. The Bertz CT molecular complexity index is 1050. The van der Waals surface area contributed by atoms with Crippen molar-refractivity contribution in [2.45, 2.75) is 32.1 Å². The van der Waals surface area contributed by atoms with Crippen LogP contribution in [0, 0.1) is 5.41 Å². The zero-order valence-electron chi connectivity index (χ0n) is 18.7. The topological polar surface area (TPSA) is 90.9 Å². The third-order valence-electron chi connectivity index (χ3n) is 4.75. The maximum Gasteiger partial charge on any atom is 0.339 e. The number of thioether (sulfide) groups is 1. The van der Waals surface area contributed by atoms with Gasteiger partial charge in [0.1, 0.15) is 0 Å². The maximum atomic E-state index is 12.6. The number of nitrogens with one attached hydrogen (secondary N) is 1. The summed E-state index contributed by atoms with van der Waals surface area (Å²) in [5.41, 5.74) is 0.117. The van der Waals surface area contributed by atoms with Crippen LogP contribution in [0.1, 0.15) is 37.6 Å². The predicted molar refractivity (Wildman–Crippen MR) is 128 cm³/mol. The van der Waals surface area contributed by atoms with Gasteiger partial charge >= 0.3 is 5.97 Å². The SMILES string of the molecule is CC(C)(C)C(=O)COC(=O)c1ccccc1SCC(=O)Nc1cc2c(cc1Cl)OCCCO2. The summed E-state index contributed by atoms with van der Waals surface area (Å²) in [7, 11) is 0. The van der Waals surface area contributed by atoms with Crippen LogP contribution in [0.4, 0.5) is 5.69 Å². The molecule has 7 nitrogen and oxygen atoms in total. The van der Waals surface area contributed by atoms with E-state index in [1.165, 1.54) is 11.8 Å². The molecular weight excluding hydrogens is 466 g/mol. The molecule has 1 aliphatic rings. The number of anilines is 1. The average molecular weight is 492 g/mol. The summed E-state index contributed by atoms with van der Waals surface area (Å²) in [6, 6.07) is 10.0. The number of Topliss-reactive ketones (excluding diaryl/α,β-unsaturated/α-hetero) is 1. The van der Waals surface area contributed by atoms with Crippen LogP contribution in [0.3, 0.4) is 0 Å². The van der Waals surface area contributed by atoms with E-state index in [0.29, 0.717) is 45.9 Å². The molecule has 1 N–H and O–H groups in total. The van der Waals surface area contributed by atoms with Gasteiger partial charge in [0.15, 0.2) is 23.9 Å². The Kier molecular flexibility index (Phi) is 8.26. The monoisotopic (exact) mass is 491 g/mol. The average Bonchev–Trinajstić information content (AvgIpc) is 3.00. The summed E-state index contributed by atoms with van der Waals surface area (Å²) < 4.78 is 16.4. The first-order valence-electron chi connectivity index (χ1n) is 10.5. The van der Waals surface area contributed by atoms with E-state index in [4.69, 9.17) is 25.8 Å². The zero-order valence-corrected chi connectivity index (χ0v) is 20.3. The Morgan fingerprint density at radius 3 is 2.45 bits per heavy atom. The van der Waals surface area contributed by atoms with E-state index >= 15 is 0 Å². The number of ketones is 1. The number of carbonyl (C=O) groups is 3. The molecule has 0 aromatic heterocycles. The maximum absolute atomic E-state index is 12.6. The quantitative estimate of drug-likeness (QED) is 0.430. The van der Waals surface area contributed by atoms with Crippen LogP contribution >= 0.6 is 23.4 Å². The lowest BCUT2D eigenvalue weighted by Crippen LogP contribution is -2.26. The molecule has 1 heterocycles. The molecule has 3 rings (SSSR count). The zero-order chi connectivity index (χ0) is 24.0. The van der Waals surface area contributed by atoms with Crippen molar-refractivity contribution >= 4 is 46.7 Å². The fraction of sp³-hybridized carbons (Fsp3) is 0.375. The van der Waals surface area contributed by atoms with Gasteiger partial charge in [-0.2, -0.15) is 0 Å². The Morgan fingerprint density at radius 2 is 1.76 bits per heavy atom. The number of esters is 1. The largest absolute Gasteiger partial charge is 0.490 e. The number of amides is 1. The van der Waals surface area contributed by atoms with E-state index in [1.807, 2.05) is 0 Å². The van der Waals surface area contributed by atoms with Crippen molar-refractivity contribution in [3.05, 3.63) is 47.0 Å². The van der Waals surface area contributed by atoms with E-state index in [-0.39, 0.29) is 24.1 Å². The molecule has 176 valence electrons. The molecule has 1 amide bonds. The van der Waals surface area contributed by atoms with Crippen molar-refractivity contribution in [2.24, 2.45) is 5.41 Å². The van der Waals surface area contributed by atoms with E-state index in [0.717, 1.165) is 6.42 Å². The number of halogens is 1. The highest BCUT2D eigenvalue weighted by Crippen LogP contribution is 2.37. The fourth-order valence-electron chi connectivity index (χ4n) is 2.80. The van der Waals surface area contributed by atoms with Crippen LogP contribution in [-0.2, 0) is 14.3 Å². The van der Waals surface area contributed by atoms with Crippen LogP contribution in [-0.4, -0.2) is 43.2 Å². The predicted octanol–water partition coefficient (Wildman–Crippen LogP) is 5.00. The molecule has 0 fully saturated rings. The molecule has 0 saturated heterocycles. The fourth-order valence-corrected chi connectivity index (χ4v) is 3.84. The first-order chi connectivity index (χ1) is 15.6. The van der Waals surface area contributed by atoms with E-state index in [1.54, 1.807) is 57.2 Å². The molecule has 9 heteroatoms.